The van der Waals surface area contributed by atoms with E-state index in [1.165, 1.54) is 11.9 Å². The molecule has 1 N–H and O–H groups in total. The van der Waals surface area contributed by atoms with E-state index in [1.807, 2.05) is 18.2 Å². The minimum atomic E-state index is -0.0984. The van der Waals surface area contributed by atoms with Gasteiger partial charge in [-0.05, 0) is 5.56 Å². The number of aromatic nitrogens is 2. The van der Waals surface area contributed by atoms with E-state index in [4.69, 9.17) is 11.6 Å². The Labute approximate surface area is 123 Å². The number of benzene rings is 1. The Morgan fingerprint density at radius 3 is 2.60 bits per heavy atom. The van der Waals surface area contributed by atoms with Crippen LogP contribution in [0, 0.1) is 0 Å². The number of carbonyl (C=O) groups is 1. The van der Waals surface area contributed by atoms with Crippen molar-refractivity contribution in [3.63, 3.8) is 0 Å². The van der Waals surface area contributed by atoms with Crippen LogP contribution in [0.3, 0.4) is 0 Å². The summed E-state index contributed by atoms with van der Waals surface area (Å²) in [5, 5.41) is 3.34. The lowest BCUT2D eigenvalue weighted by atomic mass is 9.84. The number of nitrogens with one attached hydrogen (secondary N) is 1. The molecular weight excluding hydrogens is 274 g/mol. The number of anilines is 1. The second kappa shape index (κ2) is 6.01. The summed E-state index contributed by atoms with van der Waals surface area (Å²) in [5.41, 5.74) is 1.40. The molecule has 5 heteroatoms. The van der Waals surface area contributed by atoms with Gasteiger partial charge in [0.25, 0.3) is 0 Å². The van der Waals surface area contributed by atoms with Gasteiger partial charge in [0.2, 0.25) is 0 Å². The molecule has 0 aliphatic heterocycles. The zero-order valence-corrected chi connectivity index (χ0v) is 12.2. The Balaban J connectivity index is 2.17. The van der Waals surface area contributed by atoms with Crippen molar-refractivity contribution in [3.8, 4) is 0 Å². The summed E-state index contributed by atoms with van der Waals surface area (Å²) >= 11 is 5.87. The summed E-state index contributed by atoms with van der Waals surface area (Å²) in [4.78, 5) is 18.9. The average molecular weight is 290 g/mol. The van der Waals surface area contributed by atoms with Crippen LogP contribution in [0.1, 0.15) is 29.8 Å². The molecule has 0 unspecified atom stereocenters. The quantitative estimate of drug-likeness (QED) is 0.677. The van der Waals surface area contributed by atoms with Crippen molar-refractivity contribution in [2.75, 3.05) is 11.9 Å². The predicted octanol–water partition coefficient (Wildman–Crippen LogP) is 3.33. The smallest absolute Gasteiger partial charge is 0.156 e. The second-order valence-corrected chi connectivity index (χ2v) is 5.51. The van der Waals surface area contributed by atoms with Gasteiger partial charge in [-0.3, -0.25) is 4.79 Å². The molecule has 0 spiro atoms. The predicted molar refractivity (Wildman–Crippen MR) is 80.4 cm³/mol. The highest BCUT2D eigenvalue weighted by Crippen LogP contribution is 2.24. The van der Waals surface area contributed by atoms with Crippen molar-refractivity contribution >= 4 is 23.7 Å². The lowest BCUT2D eigenvalue weighted by Crippen LogP contribution is -2.28. The molecule has 4 nitrogen and oxygen atoms in total. The normalized spacial score (nSPS) is 11.2. The highest BCUT2D eigenvalue weighted by Gasteiger charge is 2.21. The monoisotopic (exact) mass is 289 g/mol. The van der Waals surface area contributed by atoms with Crippen LogP contribution in [0.5, 0.6) is 0 Å². The zero-order valence-electron chi connectivity index (χ0n) is 11.4. The first-order chi connectivity index (χ1) is 9.54. The summed E-state index contributed by atoms with van der Waals surface area (Å²) in [7, 11) is 0. The van der Waals surface area contributed by atoms with Crippen molar-refractivity contribution < 1.29 is 4.79 Å². The Bertz CT molecular complexity index is 599. The Morgan fingerprint density at radius 1 is 1.25 bits per heavy atom. The number of rotatable bonds is 5. The SMILES string of the molecule is CC(C)(CNc1ncnc(Cl)c1C=O)c1ccccc1. The second-order valence-electron chi connectivity index (χ2n) is 5.15. The molecule has 2 rings (SSSR count). The Kier molecular flexibility index (Phi) is 4.35. The molecule has 2 aromatic rings. The van der Waals surface area contributed by atoms with E-state index in [-0.39, 0.29) is 16.1 Å². The topological polar surface area (TPSA) is 54.9 Å². The first-order valence-electron chi connectivity index (χ1n) is 6.29. The van der Waals surface area contributed by atoms with Gasteiger partial charge in [0.05, 0.1) is 5.56 Å². The van der Waals surface area contributed by atoms with Crippen LogP contribution in [-0.2, 0) is 5.41 Å². The van der Waals surface area contributed by atoms with Gasteiger partial charge in [-0.1, -0.05) is 55.8 Å². The van der Waals surface area contributed by atoms with Gasteiger partial charge in [-0.25, -0.2) is 9.97 Å². The summed E-state index contributed by atoms with van der Waals surface area (Å²) < 4.78 is 0. The maximum absolute atomic E-state index is 11.0. The number of hydrogen-bond acceptors (Lipinski definition) is 4. The van der Waals surface area contributed by atoms with Crippen LogP contribution >= 0.6 is 11.6 Å². The summed E-state index contributed by atoms with van der Waals surface area (Å²) in [5.74, 6) is 0.462. The first kappa shape index (κ1) is 14.5. The lowest BCUT2D eigenvalue weighted by Gasteiger charge is -2.26. The molecule has 104 valence electrons. The summed E-state index contributed by atoms with van der Waals surface area (Å²) in [6, 6.07) is 10.2. The molecule has 1 heterocycles. The molecule has 0 atom stereocenters. The van der Waals surface area contributed by atoms with E-state index in [0.29, 0.717) is 18.6 Å². The van der Waals surface area contributed by atoms with E-state index < -0.39 is 0 Å². The van der Waals surface area contributed by atoms with Gasteiger partial charge in [0.1, 0.15) is 17.3 Å². The van der Waals surface area contributed by atoms with Crippen LogP contribution in [0.25, 0.3) is 0 Å². The lowest BCUT2D eigenvalue weighted by molar-refractivity contribution is 0.112. The zero-order chi connectivity index (χ0) is 14.6. The molecule has 0 aliphatic rings. The maximum atomic E-state index is 11.0. The molecule has 0 radical (unpaired) electrons. The number of carbonyl (C=O) groups excluding carboxylic acids is 1. The van der Waals surface area contributed by atoms with Crippen molar-refractivity contribution in [2.45, 2.75) is 19.3 Å². The fourth-order valence-corrected chi connectivity index (χ4v) is 2.09. The molecule has 0 aliphatic carbocycles. The minimum Gasteiger partial charge on any atom is -0.368 e. The number of nitrogens with zero attached hydrogens (tertiary/aromatic N) is 2. The molecule has 0 fully saturated rings. The molecule has 0 saturated carbocycles. The van der Waals surface area contributed by atoms with Gasteiger partial charge >= 0.3 is 0 Å². The average Bonchev–Trinajstić information content (AvgIpc) is 2.46. The third-order valence-electron chi connectivity index (χ3n) is 3.21. The largest absolute Gasteiger partial charge is 0.368 e. The van der Waals surface area contributed by atoms with E-state index >= 15 is 0 Å². The minimum absolute atomic E-state index is 0.0984. The van der Waals surface area contributed by atoms with Gasteiger partial charge < -0.3 is 5.32 Å². The molecule has 0 bridgehead atoms. The van der Waals surface area contributed by atoms with Crippen molar-refractivity contribution in [1.29, 1.82) is 0 Å². The first-order valence-corrected chi connectivity index (χ1v) is 6.67. The number of halogens is 1. The Morgan fingerprint density at radius 2 is 1.95 bits per heavy atom. The van der Waals surface area contributed by atoms with Crippen molar-refractivity contribution in [3.05, 3.63) is 52.9 Å². The van der Waals surface area contributed by atoms with E-state index in [0.717, 1.165) is 0 Å². The van der Waals surface area contributed by atoms with Gasteiger partial charge in [-0.2, -0.15) is 0 Å². The van der Waals surface area contributed by atoms with Crippen LogP contribution in [0.2, 0.25) is 5.15 Å². The van der Waals surface area contributed by atoms with Crippen LogP contribution in [0.15, 0.2) is 36.7 Å². The van der Waals surface area contributed by atoms with Gasteiger partial charge in [-0.15, -0.1) is 0 Å². The van der Waals surface area contributed by atoms with Crippen LogP contribution in [0.4, 0.5) is 5.82 Å². The molecule has 1 aromatic heterocycles. The molecular formula is C15H16ClN3O. The van der Waals surface area contributed by atoms with Crippen LogP contribution in [-0.4, -0.2) is 22.8 Å². The van der Waals surface area contributed by atoms with E-state index in [2.05, 4.69) is 41.3 Å². The standard InChI is InChI=1S/C15H16ClN3O/c1-15(2,11-6-4-3-5-7-11)9-17-14-12(8-20)13(16)18-10-19-14/h3-8,10H,9H2,1-2H3,(H,17,18,19). The van der Waals surface area contributed by atoms with Crippen molar-refractivity contribution in [2.24, 2.45) is 0 Å². The fraction of sp³-hybridized carbons (Fsp3) is 0.267. The fourth-order valence-electron chi connectivity index (χ4n) is 1.92. The van der Waals surface area contributed by atoms with Gasteiger partial charge in [0.15, 0.2) is 6.29 Å². The summed E-state index contributed by atoms with van der Waals surface area (Å²) in [6.45, 7) is 4.88. The maximum Gasteiger partial charge on any atom is 0.156 e. The third-order valence-corrected chi connectivity index (χ3v) is 3.51. The number of hydrogen-bond donors (Lipinski definition) is 1. The highest BCUT2D eigenvalue weighted by atomic mass is 35.5. The van der Waals surface area contributed by atoms with Crippen LogP contribution < -0.4 is 5.32 Å². The van der Waals surface area contributed by atoms with Gasteiger partial charge in [0, 0.05) is 12.0 Å². The summed E-state index contributed by atoms with van der Waals surface area (Å²) in [6.07, 6.45) is 2.01. The van der Waals surface area contributed by atoms with E-state index in [9.17, 15) is 4.79 Å². The third kappa shape index (κ3) is 3.14. The molecule has 1 aromatic carbocycles. The highest BCUT2D eigenvalue weighted by molar-refractivity contribution is 6.32. The molecule has 0 saturated heterocycles. The van der Waals surface area contributed by atoms with Crippen molar-refractivity contribution in [1.82, 2.24) is 9.97 Å². The Hall–Kier alpha value is -1.94. The number of aldehydes is 1. The molecule has 20 heavy (non-hydrogen) atoms. The molecule has 0 amide bonds. The van der Waals surface area contributed by atoms with E-state index in [1.54, 1.807) is 0 Å².